The Balaban J connectivity index is 4.79. The van der Waals surface area contributed by atoms with E-state index in [0.29, 0.717) is 0 Å². The van der Waals surface area contributed by atoms with Crippen LogP contribution in [-0.2, 0) is 14.4 Å². The molecule has 0 aromatic heterocycles. The first kappa shape index (κ1) is 13.8. The van der Waals surface area contributed by atoms with E-state index in [1.807, 2.05) is 13.8 Å². The van der Waals surface area contributed by atoms with Gasteiger partial charge in [0.2, 0.25) is 5.60 Å². The highest BCUT2D eigenvalue weighted by Gasteiger charge is 2.38. The zero-order valence-electron chi connectivity index (χ0n) is 10.1. The van der Waals surface area contributed by atoms with Crippen molar-refractivity contribution in [1.29, 1.82) is 0 Å². The topological polar surface area (TPSA) is 55.7 Å². The van der Waals surface area contributed by atoms with Gasteiger partial charge >= 0.3 is 0 Å². The summed E-state index contributed by atoms with van der Waals surface area (Å²) >= 11 is 0. The molecule has 0 saturated carbocycles. The second-order valence-electron chi connectivity index (χ2n) is 3.60. The molecule has 4 nitrogen and oxygen atoms in total. The van der Waals surface area contributed by atoms with Crippen molar-refractivity contribution in [3.05, 3.63) is 0 Å². The van der Waals surface area contributed by atoms with Gasteiger partial charge < -0.3 is 4.84 Å². The summed E-state index contributed by atoms with van der Waals surface area (Å²) in [5.74, 6) is -0.657. The number of nitrogens with zero attached hydrogens (tertiary/aromatic N) is 1. The summed E-state index contributed by atoms with van der Waals surface area (Å²) in [6.07, 6.45) is 1.50. The Bertz CT molecular complexity index is 262. The van der Waals surface area contributed by atoms with Crippen LogP contribution in [0, 0.1) is 0 Å². The quantitative estimate of drug-likeness (QED) is 0.386. The number of hydrogen-bond acceptors (Lipinski definition) is 4. The van der Waals surface area contributed by atoms with Crippen LogP contribution in [0.25, 0.3) is 0 Å². The summed E-state index contributed by atoms with van der Waals surface area (Å²) in [6.45, 7) is 8.00. The van der Waals surface area contributed by atoms with Gasteiger partial charge in [0.25, 0.3) is 0 Å². The summed E-state index contributed by atoms with van der Waals surface area (Å²) in [7, 11) is 0. The monoisotopic (exact) mass is 213 g/mol. The molecular weight excluding hydrogens is 194 g/mol. The van der Waals surface area contributed by atoms with E-state index in [0.717, 1.165) is 18.6 Å². The maximum absolute atomic E-state index is 11.3. The van der Waals surface area contributed by atoms with Gasteiger partial charge in [0.15, 0.2) is 11.6 Å². The number of oxime groups is 1. The third-order valence-corrected chi connectivity index (χ3v) is 2.52. The van der Waals surface area contributed by atoms with Crippen molar-refractivity contribution < 1.29 is 14.4 Å². The number of hydrogen-bond donors (Lipinski definition) is 0. The maximum Gasteiger partial charge on any atom is 0.249 e. The van der Waals surface area contributed by atoms with Gasteiger partial charge in [-0.05, 0) is 33.6 Å². The van der Waals surface area contributed by atoms with E-state index in [9.17, 15) is 9.59 Å². The van der Waals surface area contributed by atoms with Gasteiger partial charge in [0.05, 0.1) is 5.71 Å². The molecule has 0 aliphatic carbocycles. The molecule has 0 aliphatic rings. The molecule has 4 heteroatoms. The van der Waals surface area contributed by atoms with Crippen LogP contribution in [0.2, 0.25) is 0 Å². The fourth-order valence-electron chi connectivity index (χ4n) is 0.911. The van der Waals surface area contributed by atoms with Gasteiger partial charge in [-0.2, -0.15) is 0 Å². The SMILES string of the molecule is CCC(CC)=NOC(C)(C(C)=O)C(C)=O. The summed E-state index contributed by atoms with van der Waals surface area (Å²) in [5.41, 5.74) is -0.598. The van der Waals surface area contributed by atoms with Crippen LogP contribution in [0.3, 0.4) is 0 Å². The number of ketones is 2. The van der Waals surface area contributed by atoms with E-state index in [-0.39, 0.29) is 11.6 Å². The molecule has 0 fully saturated rings. The predicted molar refractivity (Wildman–Crippen MR) is 58.9 cm³/mol. The lowest BCUT2D eigenvalue weighted by molar-refractivity contribution is -0.153. The third kappa shape index (κ3) is 3.46. The van der Waals surface area contributed by atoms with Crippen molar-refractivity contribution in [3.63, 3.8) is 0 Å². The molecule has 0 bridgehead atoms. The van der Waals surface area contributed by atoms with Gasteiger partial charge in [-0.3, -0.25) is 9.59 Å². The van der Waals surface area contributed by atoms with E-state index < -0.39 is 5.60 Å². The molecule has 0 atom stereocenters. The molecule has 0 aromatic carbocycles. The van der Waals surface area contributed by atoms with E-state index >= 15 is 0 Å². The molecular formula is C11H19NO3. The van der Waals surface area contributed by atoms with E-state index in [1.165, 1.54) is 20.8 Å². The van der Waals surface area contributed by atoms with Gasteiger partial charge in [0, 0.05) is 0 Å². The molecule has 0 N–H and O–H groups in total. The first-order valence-electron chi connectivity index (χ1n) is 5.14. The summed E-state index contributed by atoms with van der Waals surface area (Å²) in [6, 6.07) is 0. The van der Waals surface area contributed by atoms with Crippen LogP contribution in [0.1, 0.15) is 47.5 Å². The molecule has 0 spiro atoms. The average Bonchev–Trinajstić information content (AvgIpc) is 2.18. The van der Waals surface area contributed by atoms with E-state index in [4.69, 9.17) is 4.84 Å². The molecule has 0 rings (SSSR count). The first-order valence-corrected chi connectivity index (χ1v) is 5.14. The smallest absolute Gasteiger partial charge is 0.249 e. The van der Waals surface area contributed by atoms with Crippen LogP contribution in [-0.4, -0.2) is 22.9 Å². The van der Waals surface area contributed by atoms with Crippen LogP contribution in [0.15, 0.2) is 5.16 Å². The number of rotatable bonds is 6. The first-order chi connectivity index (χ1) is 6.88. The lowest BCUT2D eigenvalue weighted by Gasteiger charge is -2.21. The molecule has 0 unspecified atom stereocenters. The molecule has 0 heterocycles. The second-order valence-corrected chi connectivity index (χ2v) is 3.60. The van der Waals surface area contributed by atoms with Crippen molar-refractivity contribution >= 4 is 17.3 Å². The lowest BCUT2D eigenvalue weighted by Crippen LogP contribution is -2.42. The number of carbonyl (C=O) groups is 2. The maximum atomic E-state index is 11.3. The van der Waals surface area contributed by atoms with Crippen LogP contribution in [0.5, 0.6) is 0 Å². The minimum atomic E-state index is -1.43. The van der Waals surface area contributed by atoms with Crippen LogP contribution < -0.4 is 0 Å². The number of Topliss-reactive ketones (excluding diaryl/α,β-unsaturated/α-hetero) is 2. The minimum absolute atomic E-state index is 0.328. The lowest BCUT2D eigenvalue weighted by atomic mass is 9.98. The highest BCUT2D eigenvalue weighted by molar-refractivity contribution is 6.08. The van der Waals surface area contributed by atoms with Gasteiger partial charge in [-0.1, -0.05) is 19.0 Å². The standard InChI is InChI=1S/C11H19NO3/c1-6-10(7-2)12-15-11(5,8(3)13)9(4)14/h6-7H2,1-5H3. The number of carbonyl (C=O) groups excluding carboxylic acids is 2. The van der Waals surface area contributed by atoms with Crippen LogP contribution in [0.4, 0.5) is 0 Å². The van der Waals surface area contributed by atoms with E-state index in [2.05, 4.69) is 5.16 Å². The van der Waals surface area contributed by atoms with Crippen molar-refractivity contribution in [2.75, 3.05) is 0 Å². The zero-order valence-corrected chi connectivity index (χ0v) is 10.1. The van der Waals surface area contributed by atoms with Crippen molar-refractivity contribution in [3.8, 4) is 0 Å². The zero-order chi connectivity index (χ0) is 12.1. The fourth-order valence-corrected chi connectivity index (χ4v) is 0.911. The van der Waals surface area contributed by atoms with Gasteiger partial charge in [-0.15, -0.1) is 0 Å². The molecule has 0 amide bonds. The molecule has 0 aromatic rings. The Morgan fingerprint density at radius 1 is 1.13 bits per heavy atom. The Morgan fingerprint density at radius 2 is 1.53 bits per heavy atom. The van der Waals surface area contributed by atoms with Crippen molar-refractivity contribution in [2.24, 2.45) is 5.16 Å². The normalized spacial score (nSPS) is 10.7. The molecule has 86 valence electrons. The van der Waals surface area contributed by atoms with Crippen molar-refractivity contribution in [2.45, 2.75) is 53.1 Å². The Kier molecular flexibility index (Phi) is 5.19. The van der Waals surface area contributed by atoms with Gasteiger partial charge in [0.1, 0.15) is 0 Å². The summed E-state index contributed by atoms with van der Waals surface area (Å²) < 4.78 is 0. The van der Waals surface area contributed by atoms with Gasteiger partial charge in [-0.25, -0.2) is 0 Å². The van der Waals surface area contributed by atoms with E-state index in [1.54, 1.807) is 0 Å². The molecule has 0 radical (unpaired) electrons. The molecule has 0 saturated heterocycles. The Hall–Kier alpha value is -1.19. The highest BCUT2D eigenvalue weighted by Crippen LogP contribution is 2.14. The molecule has 0 aliphatic heterocycles. The second kappa shape index (κ2) is 5.63. The fraction of sp³-hybridized carbons (Fsp3) is 0.727. The Morgan fingerprint density at radius 3 is 1.80 bits per heavy atom. The average molecular weight is 213 g/mol. The summed E-state index contributed by atoms with van der Waals surface area (Å²) in [4.78, 5) is 27.6. The largest absolute Gasteiger partial charge is 0.374 e. The van der Waals surface area contributed by atoms with Crippen molar-refractivity contribution in [1.82, 2.24) is 0 Å². The van der Waals surface area contributed by atoms with Crippen LogP contribution >= 0.6 is 0 Å². The highest BCUT2D eigenvalue weighted by atomic mass is 16.7. The minimum Gasteiger partial charge on any atom is -0.374 e. The molecule has 15 heavy (non-hydrogen) atoms. The third-order valence-electron chi connectivity index (χ3n) is 2.52. The Labute approximate surface area is 90.7 Å². The summed E-state index contributed by atoms with van der Waals surface area (Å²) in [5, 5.41) is 3.85. The predicted octanol–water partition coefficient (Wildman–Crippen LogP) is 2.12.